The van der Waals surface area contributed by atoms with Gasteiger partial charge in [-0.3, -0.25) is 9.59 Å². The maximum absolute atomic E-state index is 12.2. The van der Waals surface area contributed by atoms with E-state index in [9.17, 15) is 9.59 Å². The fourth-order valence-electron chi connectivity index (χ4n) is 2.93. The van der Waals surface area contributed by atoms with Crippen LogP contribution in [0.15, 0.2) is 24.3 Å². The second kappa shape index (κ2) is 7.99. The van der Waals surface area contributed by atoms with Crippen LogP contribution in [0, 0.1) is 18.8 Å². The minimum atomic E-state index is -0.793. The molecule has 1 fully saturated rings. The summed E-state index contributed by atoms with van der Waals surface area (Å²) in [5.74, 6) is -0.660. The van der Waals surface area contributed by atoms with E-state index in [0.29, 0.717) is 19.4 Å². The molecule has 3 unspecified atom stereocenters. The third kappa shape index (κ3) is 5.27. The van der Waals surface area contributed by atoms with Gasteiger partial charge in [0, 0.05) is 5.92 Å². The van der Waals surface area contributed by atoms with Crippen molar-refractivity contribution >= 4 is 11.9 Å². The van der Waals surface area contributed by atoms with Gasteiger partial charge in [-0.15, -0.1) is 0 Å². The van der Waals surface area contributed by atoms with Crippen molar-refractivity contribution in [2.75, 3.05) is 6.54 Å². The van der Waals surface area contributed by atoms with E-state index in [1.165, 1.54) is 5.56 Å². The van der Waals surface area contributed by atoms with Gasteiger partial charge in [0.1, 0.15) is 11.9 Å². The number of hydrogen-bond donors (Lipinski definition) is 2. The second-order valence-corrected chi connectivity index (χ2v) is 6.39. The Kier molecular flexibility index (Phi) is 6.02. The number of carbonyl (C=O) groups excluding carboxylic acids is 1. The first-order chi connectivity index (χ1) is 11.0. The van der Waals surface area contributed by atoms with Crippen LogP contribution in [0.2, 0.25) is 0 Å². The van der Waals surface area contributed by atoms with Crippen LogP contribution >= 0.6 is 0 Å². The van der Waals surface area contributed by atoms with E-state index in [0.717, 1.165) is 18.6 Å². The predicted octanol–water partition coefficient (Wildman–Crippen LogP) is 2.77. The molecule has 23 heavy (non-hydrogen) atoms. The lowest BCUT2D eigenvalue weighted by molar-refractivity contribution is -0.144. The highest BCUT2D eigenvalue weighted by Gasteiger charge is 2.30. The van der Waals surface area contributed by atoms with Gasteiger partial charge < -0.3 is 15.2 Å². The Hall–Kier alpha value is -2.04. The number of aliphatic carboxylic acids is 1. The zero-order valence-electron chi connectivity index (χ0n) is 13.7. The van der Waals surface area contributed by atoms with Crippen molar-refractivity contribution in [2.24, 2.45) is 11.8 Å². The molecular formula is C18H25NO4. The lowest BCUT2D eigenvalue weighted by Crippen LogP contribution is -2.39. The van der Waals surface area contributed by atoms with Crippen LogP contribution in [0.4, 0.5) is 0 Å². The van der Waals surface area contributed by atoms with Crippen molar-refractivity contribution in [1.29, 1.82) is 0 Å². The summed E-state index contributed by atoms with van der Waals surface area (Å²) in [4.78, 5) is 23.3. The average molecular weight is 319 g/mol. The molecule has 3 atom stereocenters. The first kappa shape index (κ1) is 17.3. The van der Waals surface area contributed by atoms with E-state index in [-0.39, 0.29) is 23.8 Å². The molecule has 1 aliphatic carbocycles. The minimum absolute atomic E-state index is 0.0599. The summed E-state index contributed by atoms with van der Waals surface area (Å²) in [6.07, 6.45) is 2.54. The molecule has 1 aliphatic rings. The number of carboxylic acids is 1. The number of nitrogens with one attached hydrogen (secondary N) is 1. The average Bonchev–Trinajstić information content (AvgIpc) is 2.55. The Bertz CT molecular complexity index is 540. The van der Waals surface area contributed by atoms with Gasteiger partial charge in [-0.25, -0.2) is 0 Å². The van der Waals surface area contributed by atoms with Crippen LogP contribution in [0.25, 0.3) is 0 Å². The highest BCUT2D eigenvalue weighted by Crippen LogP contribution is 2.29. The molecule has 1 aromatic carbocycles. The van der Waals surface area contributed by atoms with Crippen molar-refractivity contribution in [3.8, 4) is 5.75 Å². The number of amides is 1. The SMILES string of the molecule is Cc1ccc(OC(C)CNC(=O)C2CCCC(C(=O)O)C2)cc1. The maximum atomic E-state index is 12.2. The molecule has 0 radical (unpaired) electrons. The predicted molar refractivity (Wildman–Crippen MR) is 87.4 cm³/mol. The van der Waals surface area contributed by atoms with E-state index in [4.69, 9.17) is 9.84 Å². The number of ether oxygens (including phenoxy) is 1. The molecular weight excluding hydrogens is 294 g/mol. The molecule has 2 rings (SSSR count). The monoisotopic (exact) mass is 319 g/mol. The van der Waals surface area contributed by atoms with E-state index >= 15 is 0 Å². The van der Waals surface area contributed by atoms with Gasteiger partial charge in [-0.1, -0.05) is 24.1 Å². The Balaban J connectivity index is 1.77. The fraction of sp³-hybridized carbons (Fsp3) is 0.556. The molecule has 0 bridgehead atoms. The topological polar surface area (TPSA) is 75.6 Å². The standard InChI is InChI=1S/C18H25NO4/c1-12-6-8-16(9-7-12)23-13(2)11-19-17(20)14-4-3-5-15(10-14)18(21)22/h6-9,13-15H,3-5,10-11H2,1-2H3,(H,19,20)(H,21,22). The summed E-state index contributed by atoms with van der Waals surface area (Å²) in [6, 6.07) is 7.78. The largest absolute Gasteiger partial charge is 0.489 e. The lowest BCUT2D eigenvalue weighted by Gasteiger charge is -2.26. The van der Waals surface area contributed by atoms with Gasteiger partial charge in [0.2, 0.25) is 5.91 Å². The summed E-state index contributed by atoms with van der Waals surface area (Å²) in [5.41, 5.74) is 1.17. The summed E-state index contributed by atoms with van der Waals surface area (Å²) in [7, 11) is 0. The van der Waals surface area contributed by atoms with Crippen LogP contribution < -0.4 is 10.1 Å². The number of benzene rings is 1. The molecule has 2 N–H and O–H groups in total. The van der Waals surface area contributed by atoms with Crippen molar-refractivity contribution in [3.63, 3.8) is 0 Å². The normalized spacial score (nSPS) is 22.2. The van der Waals surface area contributed by atoms with Gasteiger partial charge in [-0.05, 0) is 45.2 Å². The summed E-state index contributed by atoms with van der Waals surface area (Å²) >= 11 is 0. The Morgan fingerprint density at radius 3 is 2.57 bits per heavy atom. The number of aryl methyl sites for hydroxylation is 1. The molecule has 0 heterocycles. The van der Waals surface area contributed by atoms with Crippen molar-refractivity contribution in [2.45, 2.75) is 45.6 Å². The number of hydrogen-bond acceptors (Lipinski definition) is 3. The number of carboxylic acid groups (broad SMARTS) is 1. The molecule has 1 aromatic rings. The maximum Gasteiger partial charge on any atom is 0.306 e. The van der Waals surface area contributed by atoms with Crippen molar-refractivity contribution in [3.05, 3.63) is 29.8 Å². The lowest BCUT2D eigenvalue weighted by atomic mass is 9.81. The Morgan fingerprint density at radius 1 is 1.26 bits per heavy atom. The van der Waals surface area contributed by atoms with Crippen LogP contribution in [0.5, 0.6) is 5.75 Å². The van der Waals surface area contributed by atoms with Crippen LogP contribution in [-0.4, -0.2) is 29.6 Å². The molecule has 0 saturated heterocycles. The summed E-state index contributed by atoms with van der Waals surface area (Å²) in [5, 5.41) is 12.0. The molecule has 0 aromatic heterocycles. The first-order valence-electron chi connectivity index (χ1n) is 8.19. The third-order valence-electron chi connectivity index (χ3n) is 4.32. The van der Waals surface area contributed by atoms with E-state index in [1.807, 2.05) is 38.1 Å². The smallest absolute Gasteiger partial charge is 0.306 e. The Morgan fingerprint density at radius 2 is 1.91 bits per heavy atom. The summed E-state index contributed by atoms with van der Waals surface area (Å²) in [6.45, 7) is 4.34. The molecule has 1 amide bonds. The minimum Gasteiger partial charge on any atom is -0.489 e. The van der Waals surface area contributed by atoms with E-state index in [2.05, 4.69) is 5.32 Å². The highest BCUT2D eigenvalue weighted by molar-refractivity contribution is 5.80. The van der Waals surface area contributed by atoms with Gasteiger partial charge >= 0.3 is 5.97 Å². The quantitative estimate of drug-likeness (QED) is 0.845. The number of rotatable bonds is 6. The zero-order valence-corrected chi connectivity index (χ0v) is 13.7. The number of carbonyl (C=O) groups is 2. The van der Waals surface area contributed by atoms with E-state index in [1.54, 1.807) is 0 Å². The van der Waals surface area contributed by atoms with Crippen LogP contribution in [0.3, 0.4) is 0 Å². The molecule has 5 heteroatoms. The molecule has 1 saturated carbocycles. The highest BCUT2D eigenvalue weighted by atomic mass is 16.5. The Labute approximate surface area is 137 Å². The molecule has 0 spiro atoms. The molecule has 5 nitrogen and oxygen atoms in total. The first-order valence-corrected chi connectivity index (χ1v) is 8.19. The van der Waals surface area contributed by atoms with Crippen LogP contribution in [0.1, 0.15) is 38.2 Å². The van der Waals surface area contributed by atoms with Gasteiger partial charge in [0.05, 0.1) is 12.5 Å². The van der Waals surface area contributed by atoms with Gasteiger partial charge in [0.25, 0.3) is 0 Å². The van der Waals surface area contributed by atoms with Gasteiger partial charge in [0.15, 0.2) is 0 Å². The van der Waals surface area contributed by atoms with E-state index < -0.39 is 5.97 Å². The van der Waals surface area contributed by atoms with Crippen molar-refractivity contribution in [1.82, 2.24) is 5.32 Å². The molecule has 0 aliphatic heterocycles. The third-order valence-corrected chi connectivity index (χ3v) is 4.32. The van der Waals surface area contributed by atoms with Crippen LogP contribution in [-0.2, 0) is 9.59 Å². The van der Waals surface area contributed by atoms with Crippen molar-refractivity contribution < 1.29 is 19.4 Å². The second-order valence-electron chi connectivity index (χ2n) is 6.39. The zero-order chi connectivity index (χ0) is 16.8. The summed E-state index contributed by atoms with van der Waals surface area (Å²) < 4.78 is 5.76. The molecule has 126 valence electrons. The fourth-order valence-corrected chi connectivity index (χ4v) is 2.93. The van der Waals surface area contributed by atoms with Gasteiger partial charge in [-0.2, -0.15) is 0 Å².